The molecule has 2 aromatic heterocycles. The number of methoxy groups -OCH3 is 1. The van der Waals surface area contributed by atoms with Gasteiger partial charge in [-0.1, -0.05) is 35.9 Å². The number of primary amides is 1. The molecule has 4 N–H and O–H groups in total. The van der Waals surface area contributed by atoms with E-state index >= 15 is 0 Å². The minimum atomic E-state index is -0.951. The maximum atomic E-state index is 13.0. The van der Waals surface area contributed by atoms with Crippen molar-refractivity contribution in [2.75, 3.05) is 7.11 Å². The smallest absolute Gasteiger partial charge is 0.287 e. The van der Waals surface area contributed by atoms with Gasteiger partial charge in [0.05, 0.1) is 12.1 Å². The van der Waals surface area contributed by atoms with Crippen molar-refractivity contribution >= 4 is 39.3 Å². The first-order chi connectivity index (χ1) is 14.8. The highest BCUT2D eigenvalue weighted by Gasteiger charge is 2.18. The number of hydrogen-bond acceptors (Lipinski definition) is 5. The summed E-state index contributed by atoms with van der Waals surface area (Å²) >= 11 is 5.96. The first-order valence-electron chi connectivity index (χ1n) is 9.19. The van der Waals surface area contributed by atoms with Gasteiger partial charge in [0, 0.05) is 17.5 Å². The molecule has 0 radical (unpaired) electrons. The molecule has 4 aromatic rings. The highest BCUT2D eigenvalue weighted by molar-refractivity contribution is 6.31. The molecule has 0 aliphatic carbocycles. The van der Waals surface area contributed by atoms with E-state index in [4.69, 9.17) is 22.1 Å². The molecule has 10 heteroatoms. The number of hydrogen-bond donors (Lipinski definition) is 3. The molecule has 158 valence electrons. The van der Waals surface area contributed by atoms with Crippen molar-refractivity contribution in [2.45, 2.75) is 12.6 Å². The summed E-state index contributed by atoms with van der Waals surface area (Å²) in [5, 5.41) is 2.87. The molecule has 0 fully saturated rings. The van der Waals surface area contributed by atoms with Gasteiger partial charge in [0.25, 0.3) is 17.0 Å². The van der Waals surface area contributed by atoms with E-state index in [0.717, 1.165) is 4.68 Å². The Morgan fingerprint density at radius 1 is 1.19 bits per heavy atom. The monoisotopic (exact) mass is 440 g/mol. The number of nitrogens with one attached hydrogen (secondary N) is 2. The Kier molecular flexibility index (Phi) is 5.22. The molecule has 4 rings (SSSR count). The second-order valence-corrected chi connectivity index (χ2v) is 7.43. The van der Waals surface area contributed by atoms with Crippen LogP contribution in [0.25, 0.3) is 21.8 Å². The Morgan fingerprint density at radius 3 is 2.68 bits per heavy atom. The topological polar surface area (TPSA) is 140 Å². The zero-order chi connectivity index (χ0) is 22.3. The number of carbonyl (C=O) groups is 1. The maximum Gasteiger partial charge on any atom is 0.287 e. The summed E-state index contributed by atoms with van der Waals surface area (Å²) in [6.45, 7) is -0.0366. The van der Waals surface area contributed by atoms with Crippen LogP contribution in [0.3, 0.4) is 0 Å². The van der Waals surface area contributed by atoms with Crippen molar-refractivity contribution in [2.24, 2.45) is 5.73 Å². The molecule has 0 bridgehead atoms. The van der Waals surface area contributed by atoms with Gasteiger partial charge in [0.1, 0.15) is 10.9 Å². The van der Waals surface area contributed by atoms with Crippen LogP contribution in [0.4, 0.5) is 0 Å². The number of halogens is 1. The van der Waals surface area contributed by atoms with E-state index in [2.05, 4.69) is 10.1 Å². The van der Waals surface area contributed by atoms with E-state index in [1.165, 1.54) is 25.3 Å². The van der Waals surface area contributed by atoms with E-state index in [1.54, 1.807) is 24.3 Å². The molecule has 31 heavy (non-hydrogen) atoms. The van der Waals surface area contributed by atoms with Gasteiger partial charge < -0.3 is 15.5 Å². The molecule has 2 aromatic carbocycles. The Labute approximate surface area is 179 Å². The average molecular weight is 441 g/mol. The fraction of sp³-hybridized carbons (Fsp3) is 0.143. The van der Waals surface area contributed by atoms with E-state index in [9.17, 15) is 19.2 Å². The van der Waals surface area contributed by atoms with Gasteiger partial charge in [-0.3, -0.25) is 24.3 Å². The molecule has 1 atom stereocenters. The van der Waals surface area contributed by atoms with Gasteiger partial charge in [-0.2, -0.15) is 0 Å². The van der Waals surface area contributed by atoms with Crippen LogP contribution in [-0.2, 0) is 16.1 Å². The summed E-state index contributed by atoms with van der Waals surface area (Å²) in [6, 6.07) is 11.2. The number of aromatic amines is 2. The third-order valence-electron chi connectivity index (χ3n) is 4.97. The summed E-state index contributed by atoms with van der Waals surface area (Å²) in [7, 11) is 1.36. The van der Waals surface area contributed by atoms with Gasteiger partial charge >= 0.3 is 0 Å². The van der Waals surface area contributed by atoms with E-state index in [0.29, 0.717) is 21.7 Å². The number of H-pyrrole nitrogens is 2. The van der Waals surface area contributed by atoms with Crippen LogP contribution in [0, 0.1) is 0 Å². The van der Waals surface area contributed by atoms with Crippen LogP contribution in [0.5, 0.6) is 0 Å². The Bertz CT molecular complexity index is 1520. The summed E-state index contributed by atoms with van der Waals surface area (Å²) in [5.41, 5.74) is 4.84. The lowest BCUT2D eigenvalue weighted by Gasteiger charge is -2.13. The predicted molar refractivity (Wildman–Crippen MR) is 116 cm³/mol. The highest BCUT2D eigenvalue weighted by atomic mass is 35.5. The van der Waals surface area contributed by atoms with Crippen molar-refractivity contribution in [1.29, 1.82) is 0 Å². The van der Waals surface area contributed by atoms with Gasteiger partial charge in [-0.15, -0.1) is 0 Å². The molecular weight excluding hydrogens is 424 g/mol. The van der Waals surface area contributed by atoms with E-state index < -0.39 is 28.6 Å². The molecule has 1 unspecified atom stereocenters. The zero-order valence-electron chi connectivity index (χ0n) is 16.3. The SMILES string of the molecule is COC(C(N)=O)c1cccc(Cn2[nH]c(=O)c3[nH]c4cc(Cl)ccc4c(=O)c3c2=O)c1. The van der Waals surface area contributed by atoms with Crippen LogP contribution >= 0.6 is 11.6 Å². The number of carbonyl (C=O) groups excluding carboxylic acids is 1. The molecule has 2 heterocycles. The summed E-state index contributed by atoms with van der Waals surface area (Å²) in [5.74, 6) is -0.658. The number of ether oxygens (including phenoxy) is 1. The van der Waals surface area contributed by atoms with E-state index in [-0.39, 0.29) is 22.8 Å². The summed E-state index contributed by atoms with van der Waals surface area (Å²) < 4.78 is 6.16. The number of aromatic nitrogens is 3. The fourth-order valence-electron chi connectivity index (χ4n) is 3.57. The van der Waals surface area contributed by atoms with Crippen LogP contribution in [0.2, 0.25) is 5.02 Å². The average Bonchev–Trinajstić information content (AvgIpc) is 2.72. The molecule has 9 nitrogen and oxygen atoms in total. The normalized spacial score (nSPS) is 12.3. The molecule has 0 aliphatic heterocycles. The quantitative estimate of drug-likeness (QED) is 0.402. The standard InChI is InChI=1S/C21H17ClN4O5/c1-31-18(19(23)28)11-4-2-3-10(7-11)9-26-21(30)15-16(20(29)25-26)24-14-8-12(22)5-6-13(14)17(15)27/h2-8,18H,9H2,1H3,(H2,23,28)(H,24,27)(H,25,29). The van der Waals surface area contributed by atoms with Crippen molar-refractivity contribution in [3.05, 3.63) is 89.5 Å². The largest absolute Gasteiger partial charge is 0.367 e. The minimum Gasteiger partial charge on any atom is -0.367 e. The molecule has 0 saturated carbocycles. The second kappa shape index (κ2) is 7.86. The third kappa shape index (κ3) is 3.65. The Morgan fingerprint density at radius 2 is 1.97 bits per heavy atom. The second-order valence-electron chi connectivity index (χ2n) is 6.99. The lowest BCUT2D eigenvalue weighted by Crippen LogP contribution is -2.34. The van der Waals surface area contributed by atoms with E-state index in [1.807, 2.05) is 0 Å². The summed E-state index contributed by atoms with van der Waals surface area (Å²) in [6.07, 6.45) is -0.951. The van der Waals surface area contributed by atoms with Crippen molar-refractivity contribution in [3.8, 4) is 0 Å². The molecule has 0 spiro atoms. The van der Waals surface area contributed by atoms with Gasteiger partial charge in [0.15, 0.2) is 6.10 Å². The van der Waals surface area contributed by atoms with Crippen molar-refractivity contribution in [3.63, 3.8) is 0 Å². The molecule has 0 aliphatic rings. The van der Waals surface area contributed by atoms with Crippen LogP contribution in [0.1, 0.15) is 17.2 Å². The van der Waals surface area contributed by atoms with Gasteiger partial charge in [0.2, 0.25) is 5.43 Å². The zero-order valence-corrected chi connectivity index (χ0v) is 17.0. The number of nitrogens with zero attached hydrogens (tertiary/aromatic N) is 1. The number of pyridine rings is 1. The minimum absolute atomic E-state index is 0.0366. The first-order valence-corrected chi connectivity index (χ1v) is 9.57. The molecule has 1 amide bonds. The lowest BCUT2D eigenvalue weighted by molar-refractivity contribution is -0.128. The summed E-state index contributed by atoms with van der Waals surface area (Å²) in [4.78, 5) is 53.0. The predicted octanol–water partition coefficient (Wildman–Crippen LogP) is 1.41. The number of fused-ring (bicyclic) bond motifs is 2. The molecule has 0 saturated heterocycles. The number of nitrogens with two attached hydrogens (primary N) is 1. The third-order valence-corrected chi connectivity index (χ3v) is 5.21. The van der Waals surface area contributed by atoms with Gasteiger partial charge in [-0.25, -0.2) is 4.68 Å². The Balaban J connectivity index is 1.87. The lowest BCUT2D eigenvalue weighted by atomic mass is 10.1. The maximum absolute atomic E-state index is 13.0. The van der Waals surface area contributed by atoms with Crippen LogP contribution in [0.15, 0.2) is 56.8 Å². The first kappa shape index (κ1) is 20.6. The van der Waals surface area contributed by atoms with Crippen molar-refractivity contribution in [1.82, 2.24) is 14.8 Å². The number of amides is 1. The Hall–Kier alpha value is -3.69. The molecular formula is C21H17ClN4O5. The number of benzene rings is 2. The van der Waals surface area contributed by atoms with Crippen LogP contribution < -0.4 is 22.3 Å². The fourth-order valence-corrected chi connectivity index (χ4v) is 3.74. The van der Waals surface area contributed by atoms with Gasteiger partial charge in [-0.05, 0) is 29.3 Å². The van der Waals surface area contributed by atoms with Crippen LogP contribution in [-0.4, -0.2) is 27.8 Å². The van der Waals surface area contributed by atoms with Crippen molar-refractivity contribution < 1.29 is 9.53 Å². The highest BCUT2D eigenvalue weighted by Crippen LogP contribution is 2.18. The number of rotatable bonds is 5.